The third-order valence-electron chi connectivity index (χ3n) is 3.28. The molecule has 1 aromatic carbocycles. The molecule has 0 bridgehead atoms. The number of nitrogens with one attached hydrogen (secondary N) is 2. The first kappa shape index (κ1) is 19.6. The van der Waals surface area contributed by atoms with Crippen LogP contribution in [0.4, 0.5) is 11.4 Å². The number of carbonyl (C=O) groups is 1. The van der Waals surface area contributed by atoms with Crippen LogP contribution in [0.1, 0.15) is 29.0 Å². The topological polar surface area (TPSA) is 80.3 Å². The van der Waals surface area contributed by atoms with Gasteiger partial charge in [0, 0.05) is 11.1 Å². The predicted molar refractivity (Wildman–Crippen MR) is 97.1 cm³/mol. The minimum absolute atomic E-state index is 0. The number of nitrogens with two attached hydrogens (primary N) is 1. The van der Waals surface area contributed by atoms with Crippen LogP contribution >= 0.6 is 36.4 Å². The summed E-state index contributed by atoms with van der Waals surface area (Å²) in [6.07, 6.45) is 3.70. The molecule has 1 aliphatic rings. The van der Waals surface area contributed by atoms with Gasteiger partial charge in [-0.2, -0.15) is 0 Å². The summed E-state index contributed by atoms with van der Waals surface area (Å²) in [5.74, 6) is 0.321. The van der Waals surface area contributed by atoms with E-state index in [4.69, 9.17) is 21.8 Å². The molecule has 8 heteroatoms. The summed E-state index contributed by atoms with van der Waals surface area (Å²) in [4.78, 5) is 12.2. The summed E-state index contributed by atoms with van der Waals surface area (Å²) in [5.41, 5.74) is 7.44. The van der Waals surface area contributed by atoms with Crippen LogP contribution in [-0.2, 0) is 6.54 Å². The predicted octanol–water partition coefficient (Wildman–Crippen LogP) is 4.06. The van der Waals surface area contributed by atoms with Gasteiger partial charge in [-0.1, -0.05) is 11.6 Å². The molecule has 2 aromatic rings. The first-order valence-electron chi connectivity index (χ1n) is 6.80. The second kappa shape index (κ2) is 8.45. The number of furan rings is 1. The number of hydrogen-bond donors (Lipinski definition) is 3. The first-order valence-corrected chi connectivity index (χ1v) is 7.18. The smallest absolute Gasteiger partial charge is 0.258 e. The fraction of sp³-hybridized carbons (Fsp3) is 0.267. The standard InChI is InChI=1S/C15H16ClN3O2.2ClH/c16-10-1-4-13(18-11-2-3-11)14(6-10)19-15(20)9-5-12(7-17)21-8-9;;/h1,4-6,8,11,18H,2-3,7,17H2,(H,19,20);2*1H. The highest BCUT2D eigenvalue weighted by atomic mass is 35.5. The highest BCUT2D eigenvalue weighted by Crippen LogP contribution is 2.31. The maximum Gasteiger partial charge on any atom is 0.258 e. The Morgan fingerprint density at radius 1 is 1.26 bits per heavy atom. The molecule has 126 valence electrons. The van der Waals surface area contributed by atoms with Gasteiger partial charge in [0.1, 0.15) is 12.0 Å². The molecule has 1 heterocycles. The van der Waals surface area contributed by atoms with Gasteiger partial charge in [0.2, 0.25) is 0 Å². The van der Waals surface area contributed by atoms with E-state index in [1.807, 2.05) is 6.07 Å². The summed E-state index contributed by atoms with van der Waals surface area (Å²) in [5, 5.41) is 6.79. The zero-order valence-corrected chi connectivity index (χ0v) is 14.6. The maximum atomic E-state index is 12.2. The zero-order chi connectivity index (χ0) is 14.8. The molecule has 1 aromatic heterocycles. The largest absolute Gasteiger partial charge is 0.467 e. The molecule has 0 spiro atoms. The van der Waals surface area contributed by atoms with E-state index in [-0.39, 0.29) is 37.3 Å². The number of anilines is 2. The van der Waals surface area contributed by atoms with Crippen molar-refractivity contribution < 1.29 is 9.21 Å². The summed E-state index contributed by atoms with van der Waals surface area (Å²) in [6.45, 7) is 0.263. The van der Waals surface area contributed by atoms with E-state index in [1.54, 1.807) is 18.2 Å². The number of carbonyl (C=O) groups excluding carboxylic acids is 1. The molecule has 0 saturated heterocycles. The Morgan fingerprint density at radius 3 is 2.61 bits per heavy atom. The van der Waals surface area contributed by atoms with E-state index in [0.717, 1.165) is 18.5 Å². The highest BCUT2D eigenvalue weighted by Gasteiger charge is 2.22. The van der Waals surface area contributed by atoms with Crippen molar-refractivity contribution in [2.45, 2.75) is 25.4 Å². The Bertz CT molecular complexity index is 672. The number of rotatable bonds is 5. The lowest BCUT2D eigenvalue weighted by Crippen LogP contribution is -2.13. The Hall–Kier alpha value is -1.40. The van der Waals surface area contributed by atoms with Gasteiger partial charge in [-0.05, 0) is 37.1 Å². The molecule has 0 unspecified atom stereocenters. The fourth-order valence-electron chi connectivity index (χ4n) is 1.99. The quantitative estimate of drug-likeness (QED) is 0.733. The van der Waals surface area contributed by atoms with Gasteiger partial charge < -0.3 is 20.8 Å². The molecule has 5 nitrogen and oxygen atoms in total. The van der Waals surface area contributed by atoms with Gasteiger partial charge in [0.15, 0.2) is 0 Å². The highest BCUT2D eigenvalue weighted by molar-refractivity contribution is 6.31. The summed E-state index contributed by atoms with van der Waals surface area (Å²) < 4.78 is 5.17. The van der Waals surface area contributed by atoms with E-state index in [0.29, 0.717) is 28.1 Å². The van der Waals surface area contributed by atoms with E-state index in [1.165, 1.54) is 6.26 Å². The minimum atomic E-state index is -0.250. The van der Waals surface area contributed by atoms with Crippen LogP contribution in [-0.4, -0.2) is 11.9 Å². The van der Waals surface area contributed by atoms with Crippen LogP contribution in [0.2, 0.25) is 5.02 Å². The SMILES string of the molecule is Cl.Cl.NCc1cc(C(=O)Nc2cc(Cl)ccc2NC2CC2)co1. The molecule has 23 heavy (non-hydrogen) atoms. The van der Waals surface area contributed by atoms with Gasteiger partial charge in [-0.25, -0.2) is 0 Å². The molecule has 0 aliphatic heterocycles. The van der Waals surface area contributed by atoms with Crippen LogP contribution in [0, 0.1) is 0 Å². The minimum Gasteiger partial charge on any atom is -0.467 e. The van der Waals surface area contributed by atoms with Crippen molar-refractivity contribution in [3.05, 3.63) is 46.9 Å². The van der Waals surface area contributed by atoms with Crippen molar-refractivity contribution in [3.63, 3.8) is 0 Å². The van der Waals surface area contributed by atoms with Crippen LogP contribution in [0.3, 0.4) is 0 Å². The normalized spacial score (nSPS) is 12.8. The van der Waals surface area contributed by atoms with Crippen LogP contribution < -0.4 is 16.4 Å². The van der Waals surface area contributed by atoms with E-state index < -0.39 is 0 Å². The van der Waals surface area contributed by atoms with E-state index in [2.05, 4.69) is 10.6 Å². The number of amides is 1. The van der Waals surface area contributed by atoms with Crippen molar-refractivity contribution in [2.75, 3.05) is 10.6 Å². The van der Waals surface area contributed by atoms with Gasteiger partial charge in [0.05, 0.1) is 23.5 Å². The zero-order valence-electron chi connectivity index (χ0n) is 12.2. The molecule has 1 aliphatic carbocycles. The number of halogens is 3. The van der Waals surface area contributed by atoms with Gasteiger partial charge in [-0.15, -0.1) is 24.8 Å². The average Bonchev–Trinajstić information content (AvgIpc) is 3.15. The van der Waals surface area contributed by atoms with Crippen molar-refractivity contribution in [1.82, 2.24) is 0 Å². The maximum absolute atomic E-state index is 12.2. The monoisotopic (exact) mass is 377 g/mol. The van der Waals surface area contributed by atoms with E-state index >= 15 is 0 Å². The lowest BCUT2D eigenvalue weighted by molar-refractivity contribution is 0.102. The Morgan fingerprint density at radius 2 is 2.00 bits per heavy atom. The van der Waals surface area contributed by atoms with Crippen molar-refractivity contribution in [1.29, 1.82) is 0 Å². The molecule has 1 fully saturated rings. The van der Waals surface area contributed by atoms with Crippen LogP contribution in [0.25, 0.3) is 0 Å². The van der Waals surface area contributed by atoms with Crippen LogP contribution in [0.5, 0.6) is 0 Å². The van der Waals surface area contributed by atoms with E-state index in [9.17, 15) is 4.79 Å². The lowest BCUT2D eigenvalue weighted by Gasteiger charge is -2.12. The summed E-state index contributed by atoms with van der Waals surface area (Å²) in [7, 11) is 0. The second-order valence-electron chi connectivity index (χ2n) is 5.07. The van der Waals surface area contributed by atoms with Crippen molar-refractivity contribution in [2.24, 2.45) is 5.73 Å². The third-order valence-corrected chi connectivity index (χ3v) is 3.52. The Balaban J connectivity index is 0.00000132. The first-order chi connectivity index (χ1) is 10.2. The van der Waals surface area contributed by atoms with Gasteiger partial charge in [-0.3, -0.25) is 4.79 Å². The molecule has 4 N–H and O–H groups in total. The average molecular weight is 379 g/mol. The molecule has 1 saturated carbocycles. The molecule has 3 rings (SSSR count). The third kappa shape index (κ3) is 5.04. The molecular formula is C15H18Cl3N3O2. The van der Waals surface area contributed by atoms with Gasteiger partial charge >= 0.3 is 0 Å². The second-order valence-corrected chi connectivity index (χ2v) is 5.50. The Kier molecular flexibility index (Phi) is 7.22. The van der Waals surface area contributed by atoms with Crippen LogP contribution in [0.15, 0.2) is 34.9 Å². The number of hydrogen-bond acceptors (Lipinski definition) is 4. The fourth-order valence-corrected chi connectivity index (χ4v) is 2.17. The molecule has 0 radical (unpaired) electrons. The van der Waals surface area contributed by atoms with Crippen molar-refractivity contribution in [3.8, 4) is 0 Å². The summed E-state index contributed by atoms with van der Waals surface area (Å²) in [6, 6.07) is 7.52. The molecular weight excluding hydrogens is 361 g/mol. The number of benzene rings is 1. The lowest BCUT2D eigenvalue weighted by atomic mass is 10.2. The van der Waals surface area contributed by atoms with Gasteiger partial charge in [0.25, 0.3) is 5.91 Å². The molecule has 1 amide bonds. The van der Waals surface area contributed by atoms with Crippen molar-refractivity contribution >= 4 is 53.7 Å². The Labute approximate surface area is 151 Å². The summed E-state index contributed by atoms with van der Waals surface area (Å²) >= 11 is 6.01. The molecule has 0 atom stereocenters.